The lowest BCUT2D eigenvalue weighted by atomic mass is 10.0. The molecule has 1 aromatic rings. The third kappa shape index (κ3) is 2.82. The molecule has 0 bridgehead atoms. The van der Waals surface area contributed by atoms with E-state index >= 15 is 0 Å². The number of carbonyl (C=O) groups is 1. The summed E-state index contributed by atoms with van der Waals surface area (Å²) in [4.78, 5) is 13.9. The van der Waals surface area contributed by atoms with E-state index in [1.807, 2.05) is 0 Å². The summed E-state index contributed by atoms with van der Waals surface area (Å²) in [5.41, 5.74) is 7.01. The van der Waals surface area contributed by atoms with Crippen molar-refractivity contribution in [1.29, 1.82) is 0 Å². The molecular weight excluding hydrogens is 219 g/mol. The zero-order chi connectivity index (χ0) is 12.4. The third-order valence-electron chi connectivity index (χ3n) is 3.03. The van der Waals surface area contributed by atoms with Crippen LogP contribution in [0.5, 0.6) is 0 Å². The second kappa shape index (κ2) is 4.84. The summed E-state index contributed by atoms with van der Waals surface area (Å²) in [6, 6.07) is 4.46. The third-order valence-corrected chi connectivity index (χ3v) is 3.03. The van der Waals surface area contributed by atoms with Gasteiger partial charge >= 0.3 is 0 Å². The molecule has 92 valence electrons. The lowest BCUT2D eigenvalue weighted by Crippen LogP contribution is -2.45. The molecule has 0 aliphatic carbocycles. The van der Waals surface area contributed by atoms with Gasteiger partial charge in [0.15, 0.2) is 0 Å². The highest BCUT2D eigenvalue weighted by Crippen LogP contribution is 2.15. The van der Waals surface area contributed by atoms with Gasteiger partial charge in [-0.25, -0.2) is 4.39 Å². The zero-order valence-corrected chi connectivity index (χ0v) is 9.95. The van der Waals surface area contributed by atoms with E-state index in [1.165, 1.54) is 12.1 Å². The largest absolute Gasteiger partial charge is 0.337 e. The van der Waals surface area contributed by atoms with Gasteiger partial charge in [0.1, 0.15) is 5.82 Å². The number of aryl methyl sites for hydroxylation is 1. The summed E-state index contributed by atoms with van der Waals surface area (Å²) in [6.07, 6.45) is 1.87. The van der Waals surface area contributed by atoms with Gasteiger partial charge in [-0.15, -0.1) is 0 Å². The van der Waals surface area contributed by atoms with Crippen molar-refractivity contribution in [2.45, 2.75) is 25.8 Å². The van der Waals surface area contributed by atoms with Gasteiger partial charge in [-0.05, 0) is 43.5 Å². The number of nitrogens with two attached hydrogens (primary N) is 1. The Kier molecular flexibility index (Phi) is 3.43. The Morgan fingerprint density at radius 1 is 1.47 bits per heavy atom. The molecule has 1 atom stereocenters. The van der Waals surface area contributed by atoms with Gasteiger partial charge in [0.25, 0.3) is 5.91 Å². The first-order valence-corrected chi connectivity index (χ1v) is 5.88. The number of rotatable bonds is 1. The molecule has 1 aromatic carbocycles. The second-order valence-electron chi connectivity index (χ2n) is 4.67. The van der Waals surface area contributed by atoms with Crippen LogP contribution < -0.4 is 5.73 Å². The van der Waals surface area contributed by atoms with Crippen LogP contribution in [0, 0.1) is 12.7 Å². The number of piperidine rings is 1. The fourth-order valence-electron chi connectivity index (χ4n) is 2.24. The van der Waals surface area contributed by atoms with Crippen molar-refractivity contribution in [1.82, 2.24) is 4.90 Å². The van der Waals surface area contributed by atoms with Crippen molar-refractivity contribution in [3.8, 4) is 0 Å². The highest BCUT2D eigenvalue weighted by Gasteiger charge is 2.22. The molecule has 1 aliphatic heterocycles. The van der Waals surface area contributed by atoms with Gasteiger partial charge in [-0.3, -0.25) is 4.79 Å². The topological polar surface area (TPSA) is 46.3 Å². The maximum atomic E-state index is 13.2. The van der Waals surface area contributed by atoms with Gasteiger partial charge < -0.3 is 10.6 Å². The molecule has 2 N–H and O–H groups in total. The number of nitrogens with zero attached hydrogens (tertiary/aromatic N) is 1. The molecule has 2 rings (SSSR count). The molecule has 0 saturated carbocycles. The average Bonchev–Trinajstić information content (AvgIpc) is 2.26. The first-order valence-electron chi connectivity index (χ1n) is 5.88. The molecule has 17 heavy (non-hydrogen) atoms. The van der Waals surface area contributed by atoms with Crippen LogP contribution in [0.15, 0.2) is 18.2 Å². The molecule has 1 amide bonds. The molecule has 1 heterocycles. The van der Waals surface area contributed by atoms with Crippen molar-refractivity contribution in [3.63, 3.8) is 0 Å². The van der Waals surface area contributed by atoms with Crippen molar-refractivity contribution in [2.75, 3.05) is 13.1 Å². The smallest absolute Gasteiger partial charge is 0.254 e. The molecule has 1 saturated heterocycles. The first-order chi connectivity index (χ1) is 8.06. The average molecular weight is 236 g/mol. The second-order valence-corrected chi connectivity index (χ2v) is 4.67. The van der Waals surface area contributed by atoms with Crippen LogP contribution in [-0.2, 0) is 0 Å². The Bertz CT molecular complexity index is 413. The normalized spacial score (nSPS) is 20.4. The minimum atomic E-state index is -0.366. The van der Waals surface area contributed by atoms with Crippen LogP contribution in [0.3, 0.4) is 0 Å². The van der Waals surface area contributed by atoms with Crippen LogP contribution in [0.1, 0.15) is 28.8 Å². The fourth-order valence-corrected chi connectivity index (χ4v) is 2.24. The van der Waals surface area contributed by atoms with Gasteiger partial charge in [0.05, 0.1) is 0 Å². The van der Waals surface area contributed by atoms with Crippen LogP contribution in [-0.4, -0.2) is 29.9 Å². The van der Waals surface area contributed by atoms with E-state index in [4.69, 9.17) is 5.73 Å². The van der Waals surface area contributed by atoms with Gasteiger partial charge in [0, 0.05) is 24.7 Å². The predicted octanol–water partition coefficient (Wildman–Crippen LogP) is 1.70. The Labute approximate surface area is 100 Å². The number of carbonyl (C=O) groups excluding carboxylic acids is 1. The molecule has 1 unspecified atom stereocenters. The summed E-state index contributed by atoms with van der Waals surface area (Å²) in [7, 11) is 0. The Morgan fingerprint density at radius 3 is 2.88 bits per heavy atom. The summed E-state index contributed by atoms with van der Waals surface area (Å²) >= 11 is 0. The zero-order valence-electron chi connectivity index (χ0n) is 9.95. The molecule has 0 aromatic heterocycles. The highest BCUT2D eigenvalue weighted by molar-refractivity contribution is 5.94. The van der Waals surface area contributed by atoms with E-state index in [-0.39, 0.29) is 17.8 Å². The van der Waals surface area contributed by atoms with Gasteiger partial charge in [-0.1, -0.05) is 0 Å². The van der Waals surface area contributed by atoms with E-state index in [2.05, 4.69) is 0 Å². The number of halogens is 1. The standard InChI is InChI=1S/C13H17FN2O/c1-9-5-10(7-11(14)6-9)13(17)16-4-2-3-12(15)8-16/h5-7,12H,2-4,8,15H2,1H3. The number of benzene rings is 1. The van der Waals surface area contributed by atoms with Crippen LogP contribution in [0.4, 0.5) is 4.39 Å². The Balaban J connectivity index is 2.18. The number of hydrogen-bond acceptors (Lipinski definition) is 2. The molecule has 0 spiro atoms. The van der Waals surface area contributed by atoms with Crippen LogP contribution in [0.2, 0.25) is 0 Å². The van der Waals surface area contributed by atoms with Crippen LogP contribution >= 0.6 is 0 Å². The molecule has 3 nitrogen and oxygen atoms in total. The molecule has 1 fully saturated rings. The maximum Gasteiger partial charge on any atom is 0.254 e. The molecule has 1 aliphatic rings. The lowest BCUT2D eigenvalue weighted by Gasteiger charge is -2.30. The predicted molar refractivity (Wildman–Crippen MR) is 64.2 cm³/mol. The van der Waals surface area contributed by atoms with E-state index in [0.717, 1.165) is 18.4 Å². The summed E-state index contributed by atoms with van der Waals surface area (Å²) in [5, 5.41) is 0. The quantitative estimate of drug-likeness (QED) is 0.806. The Hall–Kier alpha value is -1.42. The molecular formula is C13H17FN2O. The number of hydrogen-bond donors (Lipinski definition) is 1. The fraction of sp³-hybridized carbons (Fsp3) is 0.462. The molecule has 4 heteroatoms. The van der Waals surface area contributed by atoms with Crippen LogP contribution in [0.25, 0.3) is 0 Å². The minimum Gasteiger partial charge on any atom is -0.337 e. The van der Waals surface area contributed by atoms with Crippen molar-refractivity contribution in [3.05, 3.63) is 35.1 Å². The minimum absolute atomic E-state index is 0.0438. The lowest BCUT2D eigenvalue weighted by molar-refractivity contribution is 0.0708. The SMILES string of the molecule is Cc1cc(F)cc(C(=O)N2CCCC(N)C2)c1. The van der Waals surface area contributed by atoms with E-state index in [0.29, 0.717) is 18.7 Å². The van der Waals surface area contributed by atoms with E-state index in [9.17, 15) is 9.18 Å². The Morgan fingerprint density at radius 2 is 2.24 bits per heavy atom. The van der Waals surface area contributed by atoms with Crippen molar-refractivity contribution < 1.29 is 9.18 Å². The molecule has 0 radical (unpaired) electrons. The summed E-state index contributed by atoms with van der Waals surface area (Å²) in [5.74, 6) is -0.489. The number of likely N-dealkylation sites (tertiary alicyclic amines) is 1. The first kappa shape index (κ1) is 12.0. The van der Waals surface area contributed by atoms with Gasteiger partial charge in [-0.2, -0.15) is 0 Å². The van der Waals surface area contributed by atoms with Crippen molar-refractivity contribution in [2.24, 2.45) is 5.73 Å². The van der Waals surface area contributed by atoms with E-state index in [1.54, 1.807) is 17.9 Å². The van der Waals surface area contributed by atoms with Gasteiger partial charge in [0.2, 0.25) is 0 Å². The summed E-state index contributed by atoms with van der Waals surface area (Å²) in [6.45, 7) is 3.05. The van der Waals surface area contributed by atoms with Crippen molar-refractivity contribution >= 4 is 5.91 Å². The highest BCUT2D eigenvalue weighted by atomic mass is 19.1. The maximum absolute atomic E-state index is 13.2. The monoisotopic (exact) mass is 236 g/mol. The summed E-state index contributed by atoms with van der Waals surface area (Å²) < 4.78 is 13.2. The van der Waals surface area contributed by atoms with E-state index < -0.39 is 0 Å². The number of amides is 1.